The number of nitrogens with zero attached hydrogens (tertiary/aromatic N) is 6. The molecule has 40 heavy (non-hydrogen) atoms. The lowest BCUT2D eigenvalue weighted by Gasteiger charge is -2.37. The van der Waals surface area contributed by atoms with Gasteiger partial charge < -0.3 is 24.0 Å². The van der Waals surface area contributed by atoms with Gasteiger partial charge >= 0.3 is 6.09 Å². The first-order chi connectivity index (χ1) is 19.5. The van der Waals surface area contributed by atoms with Crippen LogP contribution in [-0.2, 0) is 4.74 Å². The summed E-state index contributed by atoms with van der Waals surface area (Å²) in [6.45, 7) is 4.93. The molecule has 2 saturated heterocycles. The van der Waals surface area contributed by atoms with E-state index >= 15 is 0 Å². The van der Waals surface area contributed by atoms with Gasteiger partial charge in [-0.2, -0.15) is 5.10 Å². The summed E-state index contributed by atoms with van der Waals surface area (Å²) in [4.78, 5) is 26.4. The Labute approximate surface area is 233 Å². The predicted molar refractivity (Wildman–Crippen MR) is 151 cm³/mol. The van der Waals surface area contributed by atoms with Gasteiger partial charge in [0, 0.05) is 61.1 Å². The Kier molecular flexibility index (Phi) is 7.36. The molecule has 0 aliphatic carbocycles. The summed E-state index contributed by atoms with van der Waals surface area (Å²) in [6.07, 6.45) is 6.08. The lowest BCUT2D eigenvalue weighted by atomic mass is 10.0. The Morgan fingerprint density at radius 2 is 1.90 bits per heavy atom. The quantitative estimate of drug-likeness (QED) is 0.348. The molecule has 0 saturated carbocycles. The number of piperazine rings is 1. The highest BCUT2D eigenvalue weighted by molar-refractivity contribution is 5.97. The van der Waals surface area contributed by atoms with Gasteiger partial charge in [-0.15, -0.1) is 0 Å². The summed E-state index contributed by atoms with van der Waals surface area (Å²) in [5.74, 6) is 0.758. The highest BCUT2D eigenvalue weighted by Crippen LogP contribution is 2.39. The summed E-state index contributed by atoms with van der Waals surface area (Å²) in [6, 6.07) is 13.7. The average Bonchev–Trinajstić information content (AvgIpc) is 3.43. The number of fused-ring (bicyclic) bond motifs is 1. The minimum Gasteiger partial charge on any atom is -0.493 e. The van der Waals surface area contributed by atoms with Gasteiger partial charge in [-0.05, 0) is 39.3 Å². The van der Waals surface area contributed by atoms with Crippen molar-refractivity contribution in [2.24, 2.45) is 0 Å². The Balaban J connectivity index is 1.43. The van der Waals surface area contributed by atoms with Gasteiger partial charge in [-0.3, -0.25) is 0 Å². The fourth-order valence-electron chi connectivity index (χ4n) is 5.54. The number of benzene rings is 2. The third-order valence-corrected chi connectivity index (χ3v) is 7.67. The van der Waals surface area contributed by atoms with Gasteiger partial charge in [0.1, 0.15) is 18.2 Å². The number of likely N-dealkylation sites (N-methyl/N-ethyl adjacent to an activating group) is 1. The van der Waals surface area contributed by atoms with Crippen molar-refractivity contribution in [3.8, 4) is 34.0 Å². The average molecular weight is 543 g/mol. The molecular weight excluding hydrogens is 508 g/mol. The number of methoxy groups -OCH3 is 1. The van der Waals surface area contributed by atoms with Crippen molar-refractivity contribution < 1.29 is 19.0 Å². The fraction of sp³-hybridized carbons (Fsp3) is 0.400. The molecule has 1 unspecified atom stereocenters. The summed E-state index contributed by atoms with van der Waals surface area (Å²) in [7, 11) is 3.61. The lowest BCUT2D eigenvalue weighted by molar-refractivity contribution is -0.0393. The van der Waals surface area contributed by atoms with Gasteiger partial charge in [0.2, 0.25) is 0 Å². The van der Waals surface area contributed by atoms with E-state index in [0.29, 0.717) is 29.3 Å². The van der Waals surface area contributed by atoms with Crippen molar-refractivity contribution >= 4 is 17.0 Å². The second-order valence-corrected chi connectivity index (χ2v) is 10.5. The van der Waals surface area contributed by atoms with Crippen LogP contribution in [0.5, 0.6) is 11.5 Å². The molecule has 2 atom stereocenters. The van der Waals surface area contributed by atoms with E-state index in [-0.39, 0.29) is 12.3 Å². The smallest absolute Gasteiger partial charge is 0.415 e. The molecule has 2 aromatic heterocycles. The number of carbonyl (C=O) groups is 1. The van der Waals surface area contributed by atoms with E-state index in [1.807, 2.05) is 48.1 Å². The van der Waals surface area contributed by atoms with E-state index in [9.17, 15) is 4.79 Å². The Bertz CT molecular complexity index is 1500. The molecule has 2 aliphatic heterocycles. The molecule has 0 spiro atoms. The zero-order chi connectivity index (χ0) is 27.6. The molecule has 0 bridgehead atoms. The summed E-state index contributed by atoms with van der Waals surface area (Å²) in [5, 5.41) is 5.71. The summed E-state index contributed by atoms with van der Waals surface area (Å²) in [5.41, 5.74) is 4.00. The third-order valence-electron chi connectivity index (χ3n) is 7.67. The van der Waals surface area contributed by atoms with Crippen molar-refractivity contribution in [1.82, 2.24) is 29.5 Å². The lowest BCUT2D eigenvalue weighted by Crippen LogP contribution is -2.53. The van der Waals surface area contributed by atoms with E-state index in [1.165, 1.54) is 6.33 Å². The molecule has 6 rings (SSSR count). The van der Waals surface area contributed by atoms with Crippen molar-refractivity contribution in [2.45, 2.75) is 38.5 Å². The first-order valence-corrected chi connectivity index (χ1v) is 13.8. The maximum Gasteiger partial charge on any atom is 0.415 e. The topological polar surface area (TPSA) is 94.8 Å². The Hall–Kier alpha value is -4.02. The molecule has 4 aromatic rings. The van der Waals surface area contributed by atoms with Crippen LogP contribution in [0.25, 0.3) is 33.4 Å². The van der Waals surface area contributed by atoms with Gasteiger partial charge in [0.25, 0.3) is 0 Å². The van der Waals surface area contributed by atoms with E-state index in [0.717, 1.165) is 61.2 Å². The van der Waals surface area contributed by atoms with Crippen LogP contribution >= 0.6 is 0 Å². The third kappa shape index (κ3) is 5.12. The predicted octanol–water partition coefficient (Wildman–Crippen LogP) is 5.00. The second-order valence-electron chi connectivity index (χ2n) is 10.5. The summed E-state index contributed by atoms with van der Waals surface area (Å²) >= 11 is 0. The standard InChI is InChI=1S/C30H34N6O4/c1-20-17-34(2)12-13-35(20)30(37)40-26-15-22-24(16-25(26)38-3)31-19-32-29(22)23-18-36(27-11-7-8-14-39-27)33-28(23)21-9-5-4-6-10-21/h4-6,9-10,15-16,18-20,27H,7-8,11-14,17H2,1-3H3/t20-,27?/m0/s1. The maximum atomic E-state index is 13.2. The molecule has 1 amide bonds. The molecule has 4 heterocycles. The second kappa shape index (κ2) is 11.2. The van der Waals surface area contributed by atoms with Crippen molar-refractivity contribution in [2.75, 3.05) is 40.4 Å². The number of hydrogen-bond acceptors (Lipinski definition) is 8. The molecule has 2 aliphatic rings. The van der Waals surface area contributed by atoms with Gasteiger partial charge in [-0.25, -0.2) is 19.4 Å². The highest BCUT2D eigenvalue weighted by Gasteiger charge is 2.29. The molecule has 2 aromatic carbocycles. The maximum absolute atomic E-state index is 13.2. The van der Waals surface area contributed by atoms with E-state index in [4.69, 9.17) is 24.3 Å². The van der Waals surface area contributed by atoms with Crippen molar-refractivity contribution in [3.05, 3.63) is 55.0 Å². The number of hydrogen-bond donors (Lipinski definition) is 0. The molecular formula is C30H34N6O4. The van der Waals surface area contributed by atoms with Crippen LogP contribution in [0, 0.1) is 0 Å². The molecule has 10 heteroatoms. The normalized spacial score (nSPS) is 20.0. The highest BCUT2D eigenvalue weighted by atomic mass is 16.6. The Morgan fingerprint density at radius 1 is 1.05 bits per heavy atom. The zero-order valence-corrected chi connectivity index (χ0v) is 23.1. The molecule has 208 valence electrons. The first kappa shape index (κ1) is 26.2. The Morgan fingerprint density at radius 3 is 2.65 bits per heavy atom. The van der Waals surface area contributed by atoms with E-state index in [1.54, 1.807) is 24.1 Å². The minimum absolute atomic E-state index is 0.0397. The number of carbonyl (C=O) groups excluding carboxylic acids is 1. The fourth-order valence-corrected chi connectivity index (χ4v) is 5.54. The molecule has 10 nitrogen and oxygen atoms in total. The molecule has 0 N–H and O–H groups in total. The minimum atomic E-state index is -0.399. The van der Waals surface area contributed by atoms with Crippen LogP contribution in [-0.4, -0.2) is 82.1 Å². The van der Waals surface area contributed by atoms with Crippen LogP contribution in [0.15, 0.2) is 55.0 Å². The van der Waals surface area contributed by atoms with Crippen LogP contribution in [0.3, 0.4) is 0 Å². The molecule has 2 fully saturated rings. The van der Waals surface area contributed by atoms with Crippen LogP contribution in [0.2, 0.25) is 0 Å². The largest absolute Gasteiger partial charge is 0.493 e. The van der Waals surface area contributed by atoms with E-state index < -0.39 is 6.09 Å². The summed E-state index contributed by atoms with van der Waals surface area (Å²) < 4.78 is 19.5. The monoisotopic (exact) mass is 542 g/mol. The van der Waals surface area contributed by atoms with Crippen molar-refractivity contribution in [1.29, 1.82) is 0 Å². The number of ether oxygens (including phenoxy) is 3. The zero-order valence-electron chi connectivity index (χ0n) is 23.1. The van der Waals surface area contributed by atoms with Gasteiger partial charge in [-0.1, -0.05) is 30.3 Å². The SMILES string of the molecule is COc1cc2ncnc(-c3cn(C4CCCCO4)nc3-c3ccccc3)c2cc1OC(=O)N1CCN(C)C[C@@H]1C. The van der Waals surface area contributed by atoms with Crippen LogP contribution < -0.4 is 9.47 Å². The number of rotatable bonds is 5. The van der Waals surface area contributed by atoms with Crippen molar-refractivity contribution in [3.63, 3.8) is 0 Å². The van der Waals surface area contributed by atoms with Gasteiger partial charge in [0.15, 0.2) is 11.5 Å². The van der Waals surface area contributed by atoms with Crippen LogP contribution in [0.1, 0.15) is 32.4 Å². The number of aromatic nitrogens is 4. The first-order valence-electron chi connectivity index (χ1n) is 13.8. The van der Waals surface area contributed by atoms with Gasteiger partial charge in [0.05, 0.1) is 18.3 Å². The van der Waals surface area contributed by atoms with E-state index in [2.05, 4.69) is 16.9 Å². The van der Waals surface area contributed by atoms with Crippen LogP contribution in [0.4, 0.5) is 4.79 Å². The number of amides is 1. The molecule has 0 radical (unpaired) electrons.